The van der Waals surface area contributed by atoms with Gasteiger partial charge in [0.05, 0.1) is 5.71 Å². The summed E-state index contributed by atoms with van der Waals surface area (Å²) < 4.78 is 0. The van der Waals surface area contributed by atoms with Crippen LogP contribution < -0.4 is 0 Å². The number of allylic oxidation sites excluding steroid dienone is 3. The smallest absolute Gasteiger partial charge is 0.0733 e. The van der Waals surface area contributed by atoms with Crippen molar-refractivity contribution in [1.29, 1.82) is 0 Å². The van der Waals surface area contributed by atoms with Crippen molar-refractivity contribution in [3.8, 4) is 0 Å². The summed E-state index contributed by atoms with van der Waals surface area (Å²) in [4.78, 5) is 4.31. The standard InChI is InChI=1S/C9H7N/c1-2-6-9-8(4-1)5-3-7-10-9/h4-6H,3,7H2. The van der Waals surface area contributed by atoms with Gasteiger partial charge in [0.25, 0.3) is 0 Å². The quantitative estimate of drug-likeness (QED) is 0.441. The van der Waals surface area contributed by atoms with Crippen molar-refractivity contribution >= 4 is 5.71 Å². The maximum atomic E-state index is 4.31. The van der Waals surface area contributed by atoms with Gasteiger partial charge in [0, 0.05) is 18.2 Å². The topological polar surface area (TPSA) is 12.4 Å². The molecule has 0 aromatic carbocycles. The molecule has 0 saturated heterocycles. The van der Waals surface area contributed by atoms with E-state index in [0.717, 1.165) is 18.7 Å². The summed E-state index contributed by atoms with van der Waals surface area (Å²) in [6.45, 7) is 0.921. The van der Waals surface area contributed by atoms with Crippen molar-refractivity contribution in [2.45, 2.75) is 6.42 Å². The minimum absolute atomic E-state index is 0.921. The molecule has 10 heavy (non-hydrogen) atoms. The van der Waals surface area contributed by atoms with Crippen LogP contribution in [0, 0.1) is 0 Å². The number of rotatable bonds is 0. The largest absolute Gasteiger partial charge is 0.284 e. The van der Waals surface area contributed by atoms with E-state index >= 15 is 0 Å². The minimum Gasteiger partial charge on any atom is -0.284 e. The number of hydrogen-bond acceptors (Lipinski definition) is 1. The Bertz CT molecular complexity index is 274. The molecule has 1 aliphatic heterocycles. The summed E-state index contributed by atoms with van der Waals surface area (Å²) in [5, 5.41) is 0. The second kappa shape index (κ2) is 2.15. The molecule has 0 bridgehead atoms. The van der Waals surface area contributed by atoms with Gasteiger partial charge in [0.15, 0.2) is 0 Å². The van der Waals surface area contributed by atoms with Crippen LogP contribution in [0.15, 0.2) is 40.3 Å². The van der Waals surface area contributed by atoms with Crippen molar-refractivity contribution in [3.63, 3.8) is 0 Å². The van der Waals surface area contributed by atoms with Crippen molar-refractivity contribution in [2.24, 2.45) is 4.99 Å². The number of hydrogen-bond donors (Lipinski definition) is 0. The lowest BCUT2D eigenvalue weighted by atomic mass is 10.0. The predicted molar refractivity (Wildman–Crippen MR) is 41.2 cm³/mol. The molecule has 0 aromatic rings. The monoisotopic (exact) mass is 129 g/mol. The first-order valence-corrected chi connectivity index (χ1v) is 3.39. The third-order valence-corrected chi connectivity index (χ3v) is 1.59. The molecule has 2 aliphatic rings. The molecule has 1 aliphatic carbocycles. The molecule has 0 fully saturated rings. The Morgan fingerprint density at radius 3 is 3.10 bits per heavy atom. The molecule has 1 nitrogen and oxygen atoms in total. The third-order valence-electron chi connectivity index (χ3n) is 1.59. The lowest BCUT2D eigenvalue weighted by molar-refractivity contribution is 0.987. The van der Waals surface area contributed by atoms with E-state index in [1.165, 1.54) is 5.57 Å². The van der Waals surface area contributed by atoms with E-state index in [-0.39, 0.29) is 0 Å². The third kappa shape index (κ3) is 0.784. The van der Waals surface area contributed by atoms with E-state index in [9.17, 15) is 0 Å². The first kappa shape index (κ1) is 5.49. The van der Waals surface area contributed by atoms with Gasteiger partial charge in [0.2, 0.25) is 0 Å². The average Bonchev–Trinajstić information content (AvgIpc) is 2.05. The van der Waals surface area contributed by atoms with E-state index in [2.05, 4.69) is 22.5 Å². The van der Waals surface area contributed by atoms with Crippen molar-refractivity contribution < 1.29 is 0 Å². The molecule has 0 spiro atoms. The van der Waals surface area contributed by atoms with Crippen LogP contribution in [0.5, 0.6) is 0 Å². The Kier molecular flexibility index (Phi) is 1.18. The van der Waals surface area contributed by atoms with Crippen LogP contribution in [0.2, 0.25) is 0 Å². The molecule has 48 valence electrons. The summed E-state index contributed by atoms with van der Waals surface area (Å²) >= 11 is 0. The highest BCUT2D eigenvalue weighted by atomic mass is 14.7. The second-order valence-corrected chi connectivity index (χ2v) is 2.29. The summed E-state index contributed by atoms with van der Waals surface area (Å²) in [6, 6.07) is 0. The van der Waals surface area contributed by atoms with Gasteiger partial charge in [0.1, 0.15) is 0 Å². The average molecular weight is 129 g/mol. The maximum Gasteiger partial charge on any atom is 0.0733 e. The van der Waals surface area contributed by atoms with Crippen molar-refractivity contribution in [2.75, 3.05) is 6.54 Å². The SMILES string of the molecule is C1=C=CC2=NCCC=C2C=1. The van der Waals surface area contributed by atoms with Gasteiger partial charge in [-0.1, -0.05) is 17.5 Å². The minimum atomic E-state index is 0.921. The molecule has 0 unspecified atom stereocenters. The maximum absolute atomic E-state index is 4.31. The highest BCUT2D eigenvalue weighted by Crippen LogP contribution is 2.10. The first-order valence-electron chi connectivity index (χ1n) is 3.39. The molecule has 0 atom stereocenters. The van der Waals surface area contributed by atoms with Crippen molar-refractivity contribution in [3.05, 3.63) is 35.3 Å². The van der Waals surface area contributed by atoms with E-state index < -0.39 is 0 Å². The molecule has 0 amide bonds. The van der Waals surface area contributed by atoms with Crippen LogP contribution in [0.4, 0.5) is 0 Å². The van der Waals surface area contributed by atoms with Gasteiger partial charge in [-0.3, -0.25) is 4.99 Å². The molecule has 0 N–H and O–H groups in total. The fraction of sp³-hybridized carbons (Fsp3) is 0.222. The highest BCUT2D eigenvalue weighted by Gasteiger charge is 2.05. The van der Waals surface area contributed by atoms with E-state index in [1.807, 2.05) is 12.2 Å². The van der Waals surface area contributed by atoms with Gasteiger partial charge in [-0.25, -0.2) is 0 Å². The molecular formula is C9H7N. The highest BCUT2D eigenvalue weighted by molar-refractivity contribution is 6.11. The molecular weight excluding hydrogens is 122 g/mol. The number of dihydropyridines is 1. The summed E-state index contributed by atoms with van der Waals surface area (Å²) in [6.07, 6.45) is 7.06. The Morgan fingerprint density at radius 2 is 2.20 bits per heavy atom. The zero-order valence-corrected chi connectivity index (χ0v) is 5.59. The van der Waals surface area contributed by atoms with E-state index in [0.29, 0.717) is 0 Å². The Labute approximate surface area is 59.8 Å². The Morgan fingerprint density at radius 1 is 1.30 bits per heavy atom. The van der Waals surface area contributed by atoms with Gasteiger partial charge in [-0.2, -0.15) is 0 Å². The first-order chi connectivity index (χ1) is 4.97. The van der Waals surface area contributed by atoms with E-state index in [1.54, 1.807) is 0 Å². The van der Waals surface area contributed by atoms with Crippen LogP contribution >= 0.6 is 0 Å². The lowest BCUT2D eigenvalue weighted by Gasteiger charge is -2.07. The Balaban J connectivity index is 2.54. The number of nitrogens with zero attached hydrogens (tertiary/aromatic N) is 1. The molecule has 0 aromatic heterocycles. The fourth-order valence-electron chi connectivity index (χ4n) is 1.09. The van der Waals surface area contributed by atoms with Gasteiger partial charge >= 0.3 is 0 Å². The summed E-state index contributed by atoms with van der Waals surface area (Å²) in [5.74, 6) is 0. The van der Waals surface area contributed by atoms with Crippen LogP contribution in [-0.4, -0.2) is 12.3 Å². The Hall–Kier alpha value is -1.29. The van der Waals surface area contributed by atoms with Crippen LogP contribution in [0.3, 0.4) is 0 Å². The van der Waals surface area contributed by atoms with Crippen LogP contribution in [0.25, 0.3) is 0 Å². The van der Waals surface area contributed by atoms with E-state index in [4.69, 9.17) is 0 Å². The fourth-order valence-corrected chi connectivity index (χ4v) is 1.09. The van der Waals surface area contributed by atoms with Gasteiger partial charge < -0.3 is 0 Å². The second-order valence-electron chi connectivity index (χ2n) is 2.29. The summed E-state index contributed by atoms with van der Waals surface area (Å²) in [7, 11) is 0. The summed E-state index contributed by atoms with van der Waals surface area (Å²) in [5.41, 5.74) is 8.05. The lowest BCUT2D eigenvalue weighted by Crippen LogP contribution is -2.04. The normalized spacial score (nSPS) is 20.0. The molecule has 1 heteroatoms. The molecule has 2 rings (SSSR count). The molecule has 1 heterocycles. The molecule has 0 radical (unpaired) electrons. The zero-order chi connectivity index (χ0) is 6.81. The van der Waals surface area contributed by atoms with Crippen LogP contribution in [0.1, 0.15) is 6.42 Å². The van der Waals surface area contributed by atoms with Gasteiger partial charge in [-0.05, 0) is 12.5 Å². The molecule has 0 saturated carbocycles. The number of fused-ring (bicyclic) bond motifs is 1. The van der Waals surface area contributed by atoms with Crippen molar-refractivity contribution in [1.82, 2.24) is 0 Å². The number of aliphatic imine (C=N–C) groups is 1. The van der Waals surface area contributed by atoms with Gasteiger partial charge in [-0.15, -0.1) is 0 Å². The zero-order valence-electron chi connectivity index (χ0n) is 5.59. The van der Waals surface area contributed by atoms with Crippen LogP contribution in [-0.2, 0) is 0 Å². The predicted octanol–water partition coefficient (Wildman–Crippen LogP) is 1.64.